The zero-order valence-corrected chi connectivity index (χ0v) is 16.7. The number of carbonyl (C=O) groups excluding carboxylic acids is 1. The highest BCUT2D eigenvalue weighted by Crippen LogP contribution is 2.24. The molecule has 1 heterocycles. The summed E-state index contributed by atoms with van der Waals surface area (Å²) in [6, 6.07) is 14.0. The second-order valence-electron chi connectivity index (χ2n) is 7.16. The Labute approximate surface area is 170 Å². The van der Waals surface area contributed by atoms with Gasteiger partial charge in [-0.15, -0.1) is 0 Å². The van der Waals surface area contributed by atoms with E-state index in [4.69, 9.17) is 4.74 Å². The molecule has 8 heteroatoms. The van der Waals surface area contributed by atoms with Crippen molar-refractivity contribution >= 4 is 17.3 Å². The molecule has 1 N–H and O–H groups in total. The van der Waals surface area contributed by atoms with Gasteiger partial charge in [0.25, 0.3) is 11.6 Å². The minimum Gasteiger partial charge on any atom is -0.379 e. The highest BCUT2D eigenvalue weighted by molar-refractivity contribution is 5.94. The molecule has 0 aliphatic carbocycles. The largest absolute Gasteiger partial charge is 0.379 e. The number of hydrogen-bond acceptors (Lipinski definition) is 6. The minimum absolute atomic E-state index is 0.0251. The molecule has 3 rings (SSSR count). The van der Waals surface area contributed by atoms with E-state index in [-0.39, 0.29) is 17.6 Å². The molecule has 8 nitrogen and oxygen atoms in total. The Morgan fingerprint density at radius 3 is 2.31 bits per heavy atom. The lowest BCUT2D eigenvalue weighted by molar-refractivity contribution is -0.384. The zero-order valence-electron chi connectivity index (χ0n) is 16.7. The fourth-order valence-corrected chi connectivity index (χ4v) is 3.37. The Hall–Kier alpha value is -2.97. The van der Waals surface area contributed by atoms with E-state index in [9.17, 15) is 14.9 Å². The molecule has 0 radical (unpaired) electrons. The molecule has 1 saturated heterocycles. The van der Waals surface area contributed by atoms with Crippen molar-refractivity contribution in [1.82, 2.24) is 10.2 Å². The van der Waals surface area contributed by atoms with Gasteiger partial charge in [-0.25, -0.2) is 0 Å². The molecule has 0 bridgehead atoms. The molecule has 1 aliphatic rings. The predicted octanol–water partition coefficient (Wildman–Crippen LogP) is 2.46. The van der Waals surface area contributed by atoms with Gasteiger partial charge in [0.1, 0.15) is 0 Å². The highest BCUT2D eigenvalue weighted by atomic mass is 16.6. The third-order valence-electron chi connectivity index (χ3n) is 5.08. The third-order valence-corrected chi connectivity index (χ3v) is 5.08. The first kappa shape index (κ1) is 20.8. The van der Waals surface area contributed by atoms with Gasteiger partial charge in [0, 0.05) is 57.1 Å². The fourth-order valence-electron chi connectivity index (χ4n) is 3.37. The Morgan fingerprint density at radius 2 is 1.76 bits per heavy atom. The molecule has 1 amide bonds. The summed E-state index contributed by atoms with van der Waals surface area (Å²) in [4.78, 5) is 27.2. The van der Waals surface area contributed by atoms with Crippen LogP contribution in [0.25, 0.3) is 0 Å². The quantitative estimate of drug-likeness (QED) is 0.569. The van der Waals surface area contributed by atoms with E-state index >= 15 is 0 Å². The van der Waals surface area contributed by atoms with Crippen molar-refractivity contribution in [2.45, 2.75) is 6.04 Å². The topological polar surface area (TPSA) is 88.0 Å². The van der Waals surface area contributed by atoms with Crippen LogP contribution in [0.5, 0.6) is 0 Å². The molecule has 1 aliphatic heterocycles. The molecule has 1 unspecified atom stereocenters. The Bertz CT molecular complexity index is 831. The number of rotatable bonds is 7. The maximum absolute atomic E-state index is 12.6. The zero-order chi connectivity index (χ0) is 20.8. The molecule has 1 fully saturated rings. The summed E-state index contributed by atoms with van der Waals surface area (Å²) in [5, 5.41) is 13.8. The molecular weight excluding hydrogens is 372 g/mol. The molecule has 0 saturated carbocycles. The van der Waals surface area contributed by atoms with Gasteiger partial charge in [-0.2, -0.15) is 0 Å². The van der Waals surface area contributed by atoms with E-state index in [2.05, 4.69) is 34.5 Å². The summed E-state index contributed by atoms with van der Waals surface area (Å²) in [6.45, 7) is 3.38. The Kier molecular flexibility index (Phi) is 6.79. The fraction of sp³-hybridized carbons (Fsp3) is 0.381. The number of benzene rings is 2. The standard InChI is InChI=1S/C21H26N4O4/c1-23(2)18-7-3-16(4-8-18)20(24-11-13-29-14-12-24)15-22-21(26)17-5-9-19(10-6-17)25(27)28/h3-10,20H,11-15H2,1-2H3,(H,22,26). The monoisotopic (exact) mass is 398 g/mol. The number of carbonyl (C=O) groups is 1. The highest BCUT2D eigenvalue weighted by Gasteiger charge is 2.23. The molecule has 2 aromatic carbocycles. The van der Waals surface area contributed by atoms with Crippen molar-refractivity contribution in [2.75, 3.05) is 51.8 Å². The summed E-state index contributed by atoms with van der Waals surface area (Å²) < 4.78 is 5.47. The third kappa shape index (κ3) is 5.30. The summed E-state index contributed by atoms with van der Waals surface area (Å²) in [5.74, 6) is -0.247. The molecule has 2 aromatic rings. The molecular formula is C21H26N4O4. The molecule has 0 aromatic heterocycles. The van der Waals surface area contributed by atoms with Crippen LogP contribution >= 0.6 is 0 Å². The number of nitrogens with one attached hydrogen (secondary N) is 1. The first-order valence-electron chi connectivity index (χ1n) is 9.57. The second kappa shape index (κ2) is 9.49. The van der Waals surface area contributed by atoms with Crippen LogP contribution < -0.4 is 10.2 Å². The van der Waals surface area contributed by atoms with Gasteiger partial charge in [0.15, 0.2) is 0 Å². The van der Waals surface area contributed by atoms with Gasteiger partial charge in [-0.05, 0) is 29.8 Å². The van der Waals surface area contributed by atoms with Gasteiger partial charge in [0.05, 0.1) is 24.2 Å². The van der Waals surface area contributed by atoms with Crippen LogP contribution in [0.2, 0.25) is 0 Å². The van der Waals surface area contributed by atoms with Crippen molar-refractivity contribution < 1.29 is 14.5 Å². The minimum atomic E-state index is -0.479. The number of nitro groups is 1. The van der Waals surface area contributed by atoms with Crippen LogP contribution in [0.4, 0.5) is 11.4 Å². The van der Waals surface area contributed by atoms with Crippen LogP contribution in [-0.4, -0.2) is 62.7 Å². The number of nitro benzene ring substituents is 1. The number of non-ortho nitro benzene ring substituents is 1. The molecule has 1 atom stereocenters. The molecule has 0 spiro atoms. The Morgan fingerprint density at radius 1 is 1.14 bits per heavy atom. The average Bonchev–Trinajstić information content (AvgIpc) is 2.75. The molecule has 29 heavy (non-hydrogen) atoms. The summed E-state index contributed by atoms with van der Waals surface area (Å²) in [5.41, 5.74) is 2.61. The van der Waals surface area contributed by atoms with E-state index in [1.54, 1.807) is 0 Å². The van der Waals surface area contributed by atoms with Crippen LogP contribution in [0.1, 0.15) is 22.0 Å². The van der Waals surface area contributed by atoms with E-state index in [1.807, 2.05) is 19.0 Å². The summed E-state index contributed by atoms with van der Waals surface area (Å²) in [6.07, 6.45) is 0. The Balaban J connectivity index is 1.72. The van der Waals surface area contributed by atoms with Crippen LogP contribution in [0, 0.1) is 10.1 Å². The normalized spacial score (nSPS) is 15.5. The van der Waals surface area contributed by atoms with Gasteiger partial charge in [-0.1, -0.05) is 12.1 Å². The lowest BCUT2D eigenvalue weighted by Gasteiger charge is -2.35. The first-order valence-corrected chi connectivity index (χ1v) is 9.57. The summed E-state index contributed by atoms with van der Waals surface area (Å²) in [7, 11) is 4.00. The number of anilines is 1. The van der Waals surface area contributed by atoms with Crippen molar-refractivity contribution in [2.24, 2.45) is 0 Å². The van der Waals surface area contributed by atoms with Crippen LogP contribution in [0.3, 0.4) is 0 Å². The maximum Gasteiger partial charge on any atom is 0.269 e. The lowest BCUT2D eigenvalue weighted by Crippen LogP contribution is -2.43. The lowest BCUT2D eigenvalue weighted by atomic mass is 10.0. The van der Waals surface area contributed by atoms with Gasteiger partial charge >= 0.3 is 0 Å². The second-order valence-corrected chi connectivity index (χ2v) is 7.16. The van der Waals surface area contributed by atoms with Crippen LogP contribution in [-0.2, 0) is 4.74 Å². The number of morpholine rings is 1. The van der Waals surface area contributed by atoms with Gasteiger partial charge < -0.3 is 15.0 Å². The first-order chi connectivity index (χ1) is 14.0. The number of ether oxygens (including phenoxy) is 1. The van der Waals surface area contributed by atoms with Crippen molar-refractivity contribution in [3.05, 3.63) is 69.8 Å². The SMILES string of the molecule is CN(C)c1ccc(C(CNC(=O)c2ccc([N+](=O)[O-])cc2)N2CCOCC2)cc1. The van der Waals surface area contributed by atoms with Crippen molar-refractivity contribution in [3.8, 4) is 0 Å². The van der Waals surface area contributed by atoms with Crippen LogP contribution in [0.15, 0.2) is 48.5 Å². The van der Waals surface area contributed by atoms with E-state index in [0.717, 1.165) is 24.3 Å². The number of hydrogen-bond donors (Lipinski definition) is 1. The predicted molar refractivity (Wildman–Crippen MR) is 111 cm³/mol. The van der Waals surface area contributed by atoms with Gasteiger partial charge in [-0.3, -0.25) is 19.8 Å². The smallest absolute Gasteiger partial charge is 0.269 e. The van der Waals surface area contributed by atoms with Gasteiger partial charge in [0.2, 0.25) is 0 Å². The molecule has 154 valence electrons. The van der Waals surface area contributed by atoms with Crippen molar-refractivity contribution in [3.63, 3.8) is 0 Å². The van der Waals surface area contributed by atoms with E-state index in [1.165, 1.54) is 24.3 Å². The maximum atomic E-state index is 12.6. The average molecular weight is 398 g/mol. The van der Waals surface area contributed by atoms with E-state index < -0.39 is 4.92 Å². The number of nitrogens with zero attached hydrogens (tertiary/aromatic N) is 3. The number of amides is 1. The van der Waals surface area contributed by atoms with Crippen molar-refractivity contribution in [1.29, 1.82) is 0 Å². The van der Waals surface area contributed by atoms with E-state index in [0.29, 0.717) is 25.3 Å². The summed E-state index contributed by atoms with van der Waals surface area (Å²) >= 11 is 0.